The smallest absolute Gasteiger partial charge is 0.0409 e. The molecule has 1 aromatic rings. The molecule has 0 radical (unpaired) electrons. The van der Waals surface area contributed by atoms with Gasteiger partial charge in [-0.1, -0.05) is 50.6 Å². The molecule has 90 valence electrons. The Balaban J connectivity index is 2.68. The molecule has 0 spiro atoms. The molecule has 0 aliphatic rings. The quantitative estimate of drug-likeness (QED) is 0.855. The number of aryl methyl sites for hydroxylation is 1. The molecule has 1 unspecified atom stereocenters. The highest BCUT2D eigenvalue weighted by Crippen LogP contribution is 2.28. The first kappa shape index (κ1) is 13.6. The lowest BCUT2D eigenvalue weighted by Gasteiger charge is -2.23. The van der Waals surface area contributed by atoms with Gasteiger partial charge in [-0.05, 0) is 19.5 Å². The molecule has 0 saturated heterocycles. The maximum Gasteiger partial charge on any atom is 0.0409 e. The van der Waals surface area contributed by atoms with E-state index in [0.29, 0.717) is 10.8 Å². The van der Waals surface area contributed by atoms with Crippen LogP contribution in [0.2, 0.25) is 0 Å². The molecule has 1 nitrogen and oxygen atoms in total. The molecule has 0 heterocycles. The fourth-order valence-electron chi connectivity index (χ4n) is 1.57. The number of nitrogens with one attached hydrogen (secondary N) is 1. The Morgan fingerprint density at radius 2 is 2.00 bits per heavy atom. The third-order valence-corrected chi connectivity index (χ3v) is 3.84. The second kappa shape index (κ2) is 5.74. The van der Waals surface area contributed by atoms with Crippen LogP contribution in [0.25, 0.3) is 0 Å². The van der Waals surface area contributed by atoms with Gasteiger partial charge < -0.3 is 5.32 Å². The number of hydrogen-bond acceptors (Lipinski definition) is 2. The Morgan fingerprint density at radius 3 is 2.50 bits per heavy atom. The Bertz CT molecular complexity index is 328. The van der Waals surface area contributed by atoms with Crippen LogP contribution < -0.4 is 5.32 Å². The van der Waals surface area contributed by atoms with Gasteiger partial charge in [-0.3, -0.25) is 0 Å². The van der Waals surface area contributed by atoms with Gasteiger partial charge in [0.2, 0.25) is 0 Å². The largest absolute Gasteiger partial charge is 0.312 e. The van der Waals surface area contributed by atoms with Crippen LogP contribution in [0.1, 0.15) is 37.9 Å². The summed E-state index contributed by atoms with van der Waals surface area (Å²) in [6, 6.07) is 9.20. The lowest BCUT2D eigenvalue weighted by molar-refractivity contribution is 0.656. The van der Waals surface area contributed by atoms with Crippen LogP contribution in [-0.2, 0) is 0 Å². The molecule has 0 saturated carbocycles. The van der Waals surface area contributed by atoms with E-state index >= 15 is 0 Å². The van der Waals surface area contributed by atoms with Crippen LogP contribution in [-0.4, -0.2) is 17.5 Å². The molecular weight excluding hydrogens is 214 g/mol. The number of benzene rings is 1. The van der Waals surface area contributed by atoms with Crippen molar-refractivity contribution in [3.05, 3.63) is 35.4 Å². The standard InChI is InChI=1S/C14H23NS/c1-11-7-6-8-12(9-11)13(15-5)10-16-14(2,3)4/h6-9,13,15H,10H2,1-5H3. The van der Waals surface area contributed by atoms with Crippen LogP contribution >= 0.6 is 11.8 Å². The number of hydrogen-bond donors (Lipinski definition) is 1. The average Bonchev–Trinajstić information content (AvgIpc) is 2.17. The van der Waals surface area contributed by atoms with E-state index in [9.17, 15) is 0 Å². The zero-order valence-electron chi connectivity index (χ0n) is 11.0. The summed E-state index contributed by atoms with van der Waals surface area (Å²) in [5.74, 6) is 1.11. The zero-order chi connectivity index (χ0) is 12.2. The normalized spacial score (nSPS) is 13.8. The van der Waals surface area contributed by atoms with Crippen molar-refractivity contribution in [2.45, 2.75) is 38.5 Å². The van der Waals surface area contributed by atoms with Crippen molar-refractivity contribution in [3.8, 4) is 0 Å². The molecule has 1 aromatic carbocycles. The van der Waals surface area contributed by atoms with Gasteiger partial charge in [-0.2, -0.15) is 11.8 Å². The predicted octanol–water partition coefficient (Wildman–Crippen LogP) is 3.79. The van der Waals surface area contributed by atoms with Crippen molar-refractivity contribution >= 4 is 11.8 Å². The van der Waals surface area contributed by atoms with E-state index in [-0.39, 0.29) is 0 Å². The Labute approximate surface area is 104 Å². The summed E-state index contributed by atoms with van der Waals surface area (Å²) >= 11 is 2.00. The molecule has 0 bridgehead atoms. The highest BCUT2D eigenvalue weighted by molar-refractivity contribution is 8.00. The minimum atomic E-state index is 0.332. The van der Waals surface area contributed by atoms with Gasteiger partial charge in [-0.25, -0.2) is 0 Å². The molecule has 1 N–H and O–H groups in total. The van der Waals surface area contributed by atoms with E-state index in [1.54, 1.807) is 0 Å². The van der Waals surface area contributed by atoms with E-state index in [1.165, 1.54) is 11.1 Å². The predicted molar refractivity (Wildman–Crippen MR) is 75.2 cm³/mol. The first-order valence-electron chi connectivity index (χ1n) is 5.80. The van der Waals surface area contributed by atoms with E-state index < -0.39 is 0 Å². The van der Waals surface area contributed by atoms with Gasteiger partial charge in [0.15, 0.2) is 0 Å². The summed E-state index contributed by atoms with van der Waals surface area (Å²) in [5, 5.41) is 3.40. The summed E-state index contributed by atoms with van der Waals surface area (Å²) < 4.78 is 0.332. The van der Waals surface area contributed by atoms with Crippen LogP contribution in [0.15, 0.2) is 24.3 Å². The molecule has 16 heavy (non-hydrogen) atoms. The van der Waals surface area contributed by atoms with Crippen LogP contribution in [0.5, 0.6) is 0 Å². The Hall–Kier alpha value is -0.470. The van der Waals surface area contributed by atoms with Crippen molar-refractivity contribution < 1.29 is 0 Å². The van der Waals surface area contributed by atoms with Crippen LogP contribution in [0, 0.1) is 6.92 Å². The molecular formula is C14H23NS. The monoisotopic (exact) mass is 237 g/mol. The van der Waals surface area contributed by atoms with Gasteiger partial charge in [0.05, 0.1) is 0 Å². The van der Waals surface area contributed by atoms with Crippen LogP contribution in [0.3, 0.4) is 0 Å². The maximum atomic E-state index is 3.40. The van der Waals surface area contributed by atoms with Crippen LogP contribution in [0.4, 0.5) is 0 Å². The van der Waals surface area contributed by atoms with Crippen molar-refractivity contribution in [2.24, 2.45) is 0 Å². The fourth-order valence-corrected chi connectivity index (χ4v) is 2.59. The van der Waals surface area contributed by atoms with E-state index in [1.807, 2.05) is 18.8 Å². The summed E-state index contributed by atoms with van der Waals surface area (Å²) in [5.41, 5.74) is 2.72. The number of rotatable bonds is 4. The lowest BCUT2D eigenvalue weighted by atomic mass is 10.1. The minimum absolute atomic E-state index is 0.332. The highest BCUT2D eigenvalue weighted by atomic mass is 32.2. The second-order valence-corrected chi connectivity index (χ2v) is 7.03. The number of thioether (sulfide) groups is 1. The van der Waals surface area contributed by atoms with Crippen molar-refractivity contribution in [3.63, 3.8) is 0 Å². The zero-order valence-corrected chi connectivity index (χ0v) is 11.8. The fraction of sp³-hybridized carbons (Fsp3) is 0.571. The summed E-state index contributed by atoms with van der Waals surface area (Å²) in [6.45, 7) is 8.94. The van der Waals surface area contributed by atoms with Crippen molar-refractivity contribution in [1.29, 1.82) is 0 Å². The van der Waals surface area contributed by atoms with E-state index in [0.717, 1.165) is 5.75 Å². The molecule has 2 heteroatoms. The first-order valence-corrected chi connectivity index (χ1v) is 6.79. The van der Waals surface area contributed by atoms with Gasteiger partial charge >= 0.3 is 0 Å². The topological polar surface area (TPSA) is 12.0 Å². The third kappa shape index (κ3) is 4.58. The SMILES string of the molecule is CNC(CSC(C)(C)C)c1cccc(C)c1. The van der Waals surface area contributed by atoms with E-state index in [2.05, 4.69) is 57.3 Å². The molecule has 0 amide bonds. The Morgan fingerprint density at radius 1 is 1.31 bits per heavy atom. The summed E-state index contributed by atoms with van der Waals surface area (Å²) in [4.78, 5) is 0. The molecule has 0 fully saturated rings. The van der Waals surface area contributed by atoms with Gasteiger partial charge in [0.25, 0.3) is 0 Å². The first-order chi connectivity index (χ1) is 7.42. The maximum absolute atomic E-state index is 3.40. The van der Waals surface area contributed by atoms with Gasteiger partial charge in [-0.15, -0.1) is 0 Å². The minimum Gasteiger partial charge on any atom is -0.312 e. The average molecular weight is 237 g/mol. The third-order valence-electron chi connectivity index (χ3n) is 2.48. The molecule has 0 aromatic heterocycles. The molecule has 1 rings (SSSR count). The summed E-state index contributed by atoms with van der Waals surface area (Å²) in [6.07, 6.45) is 0. The molecule has 0 aliphatic carbocycles. The van der Waals surface area contributed by atoms with Gasteiger partial charge in [0, 0.05) is 16.5 Å². The van der Waals surface area contributed by atoms with Crippen molar-refractivity contribution in [1.82, 2.24) is 5.32 Å². The Kier molecular flexibility index (Phi) is 4.88. The summed E-state index contributed by atoms with van der Waals surface area (Å²) in [7, 11) is 2.04. The lowest BCUT2D eigenvalue weighted by Crippen LogP contribution is -2.21. The molecule has 1 atom stereocenters. The second-order valence-electron chi connectivity index (χ2n) is 5.18. The molecule has 0 aliphatic heterocycles. The van der Waals surface area contributed by atoms with Gasteiger partial charge in [0.1, 0.15) is 0 Å². The van der Waals surface area contributed by atoms with E-state index in [4.69, 9.17) is 0 Å². The van der Waals surface area contributed by atoms with Crippen molar-refractivity contribution in [2.75, 3.05) is 12.8 Å². The highest BCUT2D eigenvalue weighted by Gasteiger charge is 2.15.